The number of ether oxygens (including phenoxy) is 1. The van der Waals surface area contributed by atoms with Crippen LogP contribution in [0.15, 0.2) is 53.6 Å². The number of nitrogens with zero attached hydrogens (tertiary/aromatic N) is 1. The molecule has 1 N–H and O–H groups in total. The van der Waals surface area contributed by atoms with Gasteiger partial charge in [0.25, 0.3) is 0 Å². The molecule has 6 heteroatoms. The van der Waals surface area contributed by atoms with Crippen LogP contribution in [0.5, 0.6) is 5.75 Å². The predicted molar refractivity (Wildman–Crippen MR) is 99.5 cm³/mol. The quantitative estimate of drug-likeness (QED) is 0.737. The summed E-state index contributed by atoms with van der Waals surface area (Å²) in [5.74, 6) is 0.646. The van der Waals surface area contributed by atoms with Gasteiger partial charge in [-0.2, -0.15) is 0 Å². The molecule has 0 aliphatic rings. The molecule has 0 unspecified atom stereocenters. The van der Waals surface area contributed by atoms with E-state index >= 15 is 0 Å². The minimum atomic E-state index is -3.54. The van der Waals surface area contributed by atoms with Gasteiger partial charge in [-0.1, -0.05) is 18.2 Å². The molecule has 0 saturated carbocycles. The Morgan fingerprint density at radius 1 is 1.16 bits per heavy atom. The summed E-state index contributed by atoms with van der Waals surface area (Å²) in [5, 5.41) is 1.16. The number of hydrogen-bond donors (Lipinski definition) is 1. The molecule has 5 nitrogen and oxygen atoms in total. The van der Waals surface area contributed by atoms with Crippen LogP contribution in [0.2, 0.25) is 0 Å². The first-order valence-electron chi connectivity index (χ1n) is 8.09. The van der Waals surface area contributed by atoms with Crippen molar-refractivity contribution in [2.24, 2.45) is 7.05 Å². The van der Waals surface area contributed by atoms with Gasteiger partial charge in [-0.3, -0.25) is 0 Å². The van der Waals surface area contributed by atoms with Crippen molar-refractivity contribution in [3.63, 3.8) is 0 Å². The van der Waals surface area contributed by atoms with Crippen molar-refractivity contribution >= 4 is 20.9 Å². The van der Waals surface area contributed by atoms with Gasteiger partial charge in [-0.25, -0.2) is 13.1 Å². The second-order valence-corrected chi connectivity index (χ2v) is 7.80. The lowest BCUT2D eigenvalue weighted by atomic mass is 10.1. The molecule has 0 bridgehead atoms. The summed E-state index contributed by atoms with van der Waals surface area (Å²) in [6, 6.07) is 13.1. The number of methoxy groups -OCH3 is 1. The van der Waals surface area contributed by atoms with Gasteiger partial charge in [0.15, 0.2) is 0 Å². The molecule has 2 aromatic carbocycles. The maximum absolute atomic E-state index is 12.6. The minimum absolute atomic E-state index is 0.284. The molecule has 132 valence electrons. The van der Waals surface area contributed by atoms with Crippen molar-refractivity contribution in [1.29, 1.82) is 0 Å². The zero-order valence-electron chi connectivity index (χ0n) is 14.6. The van der Waals surface area contributed by atoms with Crippen molar-refractivity contribution in [3.8, 4) is 5.75 Å². The number of nitrogens with one attached hydrogen (secondary N) is 1. The second kappa shape index (κ2) is 6.90. The molecule has 3 rings (SSSR count). The van der Waals surface area contributed by atoms with E-state index in [4.69, 9.17) is 4.74 Å². The summed E-state index contributed by atoms with van der Waals surface area (Å²) in [6.45, 7) is 2.11. The molecule has 0 amide bonds. The molecule has 1 aromatic heterocycles. The minimum Gasteiger partial charge on any atom is -0.497 e. The van der Waals surface area contributed by atoms with Gasteiger partial charge < -0.3 is 9.30 Å². The third-order valence-corrected chi connectivity index (χ3v) is 5.96. The van der Waals surface area contributed by atoms with Crippen LogP contribution in [0, 0.1) is 6.92 Å². The topological polar surface area (TPSA) is 60.3 Å². The SMILES string of the molecule is COc1ccc(S(=O)(=O)NCCc2cn(C)c3ccccc23)c(C)c1. The van der Waals surface area contributed by atoms with Crippen LogP contribution in [0.4, 0.5) is 0 Å². The van der Waals surface area contributed by atoms with Crippen LogP contribution < -0.4 is 9.46 Å². The summed E-state index contributed by atoms with van der Waals surface area (Å²) in [4.78, 5) is 0.284. The first kappa shape index (κ1) is 17.5. The molecule has 0 aliphatic heterocycles. The van der Waals surface area contributed by atoms with Crippen LogP contribution in [-0.2, 0) is 23.5 Å². The van der Waals surface area contributed by atoms with Gasteiger partial charge in [-0.15, -0.1) is 0 Å². The Balaban J connectivity index is 1.74. The molecule has 1 heterocycles. The van der Waals surface area contributed by atoms with E-state index in [1.165, 1.54) is 0 Å². The van der Waals surface area contributed by atoms with Gasteiger partial charge in [-0.05, 0) is 48.7 Å². The number of aromatic nitrogens is 1. The van der Waals surface area contributed by atoms with E-state index in [2.05, 4.69) is 27.6 Å². The van der Waals surface area contributed by atoms with E-state index in [-0.39, 0.29) is 4.90 Å². The summed E-state index contributed by atoms with van der Waals surface area (Å²) in [5.41, 5.74) is 2.94. The Hall–Kier alpha value is -2.31. The maximum Gasteiger partial charge on any atom is 0.240 e. The first-order valence-corrected chi connectivity index (χ1v) is 9.58. The fraction of sp³-hybridized carbons (Fsp3) is 0.263. The lowest BCUT2D eigenvalue weighted by Gasteiger charge is -2.10. The zero-order chi connectivity index (χ0) is 18.0. The first-order chi connectivity index (χ1) is 11.9. The molecule has 0 saturated heterocycles. The Bertz CT molecular complexity index is 1010. The normalized spacial score (nSPS) is 11.8. The lowest BCUT2D eigenvalue weighted by molar-refractivity contribution is 0.414. The van der Waals surface area contributed by atoms with Crippen molar-refractivity contribution < 1.29 is 13.2 Å². The largest absolute Gasteiger partial charge is 0.497 e. The number of benzene rings is 2. The molecule has 3 aromatic rings. The van der Waals surface area contributed by atoms with E-state index in [9.17, 15) is 8.42 Å². The van der Waals surface area contributed by atoms with Crippen molar-refractivity contribution in [2.75, 3.05) is 13.7 Å². The molecular formula is C19H22N2O3S. The zero-order valence-corrected chi connectivity index (χ0v) is 15.4. The number of para-hydroxylation sites is 1. The smallest absolute Gasteiger partial charge is 0.240 e. The fourth-order valence-electron chi connectivity index (χ4n) is 3.07. The second-order valence-electron chi connectivity index (χ2n) is 6.06. The molecule has 25 heavy (non-hydrogen) atoms. The lowest BCUT2D eigenvalue weighted by Crippen LogP contribution is -2.26. The van der Waals surface area contributed by atoms with Crippen LogP contribution >= 0.6 is 0 Å². The van der Waals surface area contributed by atoms with Gasteiger partial charge >= 0.3 is 0 Å². The number of fused-ring (bicyclic) bond motifs is 1. The van der Waals surface area contributed by atoms with E-state index in [0.29, 0.717) is 24.3 Å². The summed E-state index contributed by atoms with van der Waals surface area (Å²) in [7, 11) is 0.0127. The molecular weight excluding hydrogens is 336 g/mol. The van der Waals surface area contributed by atoms with Crippen molar-refractivity contribution in [1.82, 2.24) is 9.29 Å². The highest BCUT2D eigenvalue weighted by Crippen LogP contribution is 2.22. The molecule has 0 atom stereocenters. The highest BCUT2D eigenvalue weighted by molar-refractivity contribution is 7.89. The van der Waals surface area contributed by atoms with Gasteiger partial charge in [0.1, 0.15) is 5.75 Å². The van der Waals surface area contributed by atoms with E-state index in [0.717, 1.165) is 16.5 Å². The van der Waals surface area contributed by atoms with E-state index < -0.39 is 10.0 Å². The third-order valence-electron chi connectivity index (χ3n) is 4.34. The van der Waals surface area contributed by atoms with Gasteiger partial charge in [0, 0.05) is 30.7 Å². The van der Waals surface area contributed by atoms with Gasteiger partial charge in [0.05, 0.1) is 12.0 Å². The summed E-state index contributed by atoms with van der Waals surface area (Å²) < 4.78 is 35.0. The number of rotatable bonds is 6. The molecule has 0 aliphatic carbocycles. The molecule has 0 radical (unpaired) electrons. The Morgan fingerprint density at radius 3 is 2.64 bits per heavy atom. The van der Waals surface area contributed by atoms with Crippen LogP contribution in [0.25, 0.3) is 10.9 Å². The maximum atomic E-state index is 12.6. The van der Waals surface area contributed by atoms with Crippen molar-refractivity contribution in [2.45, 2.75) is 18.2 Å². The van der Waals surface area contributed by atoms with E-state index in [1.807, 2.05) is 19.2 Å². The average molecular weight is 358 g/mol. The average Bonchev–Trinajstić information content (AvgIpc) is 2.91. The third kappa shape index (κ3) is 3.55. The molecule has 0 fully saturated rings. The van der Waals surface area contributed by atoms with Crippen molar-refractivity contribution in [3.05, 3.63) is 59.8 Å². The van der Waals surface area contributed by atoms with Crippen LogP contribution in [0.3, 0.4) is 0 Å². The number of sulfonamides is 1. The number of aryl methyl sites for hydroxylation is 2. The predicted octanol–water partition coefficient (Wildman–Crippen LogP) is 3.02. The number of hydrogen-bond acceptors (Lipinski definition) is 3. The Morgan fingerprint density at radius 2 is 1.92 bits per heavy atom. The Kier molecular flexibility index (Phi) is 4.83. The van der Waals surface area contributed by atoms with Gasteiger partial charge in [0.2, 0.25) is 10.0 Å². The molecule has 0 spiro atoms. The summed E-state index contributed by atoms with van der Waals surface area (Å²) >= 11 is 0. The highest BCUT2D eigenvalue weighted by Gasteiger charge is 2.17. The monoisotopic (exact) mass is 358 g/mol. The fourth-order valence-corrected chi connectivity index (χ4v) is 4.33. The summed E-state index contributed by atoms with van der Waals surface area (Å²) in [6.07, 6.45) is 2.69. The van der Waals surface area contributed by atoms with Crippen LogP contribution in [-0.4, -0.2) is 26.6 Å². The van der Waals surface area contributed by atoms with Crippen LogP contribution in [0.1, 0.15) is 11.1 Å². The standard InChI is InChI=1S/C19H22N2O3S/c1-14-12-16(24-3)8-9-19(14)25(22,23)20-11-10-15-13-21(2)18-7-5-4-6-17(15)18/h4-9,12-13,20H,10-11H2,1-3H3. The van der Waals surface area contributed by atoms with E-state index in [1.54, 1.807) is 32.2 Å². The highest BCUT2D eigenvalue weighted by atomic mass is 32.2. The Labute approximate surface area is 148 Å².